The van der Waals surface area contributed by atoms with E-state index in [1.54, 1.807) is 6.92 Å². The molecule has 0 aliphatic heterocycles. The highest BCUT2D eigenvalue weighted by Gasteiger charge is 2.28. The number of amides is 2. The van der Waals surface area contributed by atoms with Gasteiger partial charge in [-0.3, -0.25) is 19.7 Å². The minimum atomic E-state index is -1.05. The Bertz CT molecular complexity index is 1020. The summed E-state index contributed by atoms with van der Waals surface area (Å²) >= 11 is 5.81. The summed E-state index contributed by atoms with van der Waals surface area (Å²) in [4.78, 5) is 46.9. The van der Waals surface area contributed by atoms with E-state index in [1.807, 2.05) is 6.92 Å². The van der Waals surface area contributed by atoms with Crippen LogP contribution in [0.4, 0.5) is 15.8 Å². The summed E-state index contributed by atoms with van der Waals surface area (Å²) in [5.41, 5.74) is -0.540. The molecular formula is C21H21ClFN3O6. The molecule has 2 N–H and O–H groups in total. The molecule has 32 heavy (non-hydrogen) atoms. The SMILES string of the molecule is CC[C@H](C)[C@H](NC(=O)c1ccc(Cl)cc1)C(=O)OCC(=O)Nc1ccc(F)c([N+](=O)[O-])c1. The van der Waals surface area contributed by atoms with Crippen molar-refractivity contribution in [1.29, 1.82) is 0 Å². The zero-order valence-electron chi connectivity index (χ0n) is 17.3. The number of hydrogen-bond acceptors (Lipinski definition) is 6. The summed E-state index contributed by atoms with van der Waals surface area (Å²) in [6, 6.07) is 7.90. The van der Waals surface area contributed by atoms with Crippen LogP contribution >= 0.6 is 11.6 Å². The van der Waals surface area contributed by atoms with Crippen LogP contribution in [0.3, 0.4) is 0 Å². The van der Waals surface area contributed by atoms with Crippen molar-refractivity contribution in [3.63, 3.8) is 0 Å². The van der Waals surface area contributed by atoms with Gasteiger partial charge in [-0.15, -0.1) is 0 Å². The smallest absolute Gasteiger partial charge is 0.329 e. The van der Waals surface area contributed by atoms with E-state index in [1.165, 1.54) is 24.3 Å². The third kappa shape index (κ3) is 6.74. The summed E-state index contributed by atoms with van der Waals surface area (Å²) in [5.74, 6) is -3.45. The number of carbonyl (C=O) groups excluding carboxylic acids is 3. The molecule has 0 unspecified atom stereocenters. The van der Waals surface area contributed by atoms with E-state index >= 15 is 0 Å². The summed E-state index contributed by atoms with van der Waals surface area (Å²) in [5, 5.41) is 16.1. The van der Waals surface area contributed by atoms with Gasteiger partial charge < -0.3 is 15.4 Å². The van der Waals surface area contributed by atoms with Crippen molar-refractivity contribution in [3.05, 3.63) is 69.0 Å². The number of rotatable bonds is 9. The minimum Gasteiger partial charge on any atom is -0.454 e. The molecule has 0 radical (unpaired) electrons. The van der Waals surface area contributed by atoms with Gasteiger partial charge in [-0.05, 0) is 42.3 Å². The molecule has 2 amide bonds. The Morgan fingerprint density at radius 3 is 2.44 bits per heavy atom. The molecule has 0 aliphatic rings. The Morgan fingerprint density at radius 2 is 1.84 bits per heavy atom. The highest BCUT2D eigenvalue weighted by molar-refractivity contribution is 6.30. The number of nitrogens with zero attached hydrogens (tertiary/aromatic N) is 1. The van der Waals surface area contributed by atoms with Crippen molar-refractivity contribution in [3.8, 4) is 0 Å². The maximum Gasteiger partial charge on any atom is 0.329 e. The van der Waals surface area contributed by atoms with Gasteiger partial charge in [0, 0.05) is 22.3 Å². The molecule has 170 valence electrons. The summed E-state index contributed by atoms with van der Waals surface area (Å²) in [7, 11) is 0. The first-order chi connectivity index (χ1) is 15.1. The predicted octanol–water partition coefficient (Wildman–Crippen LogP) is 3.71. The van der Waals surface area contributed by atoms with Gasteiger partial charge in [-0.25, -0.2) is 4.79 Å². The Balaban J connectivity index is 2.00. The zero-order valence-corrected chi connectivity index (χ0v) is 18.0. The van der Waals surface area contributed by atoms with Crippen LogP contribution in [0.25, 0.3) is 0 Å². The van der Waals surface area contributed by atoms with Gasteiger partial charge in [0.1, 0.15) is 6.04 Å². The maximum atomic E-state index is 13.4. The van der Waals surface area contributed by atoms with Crippen LogP contribution in [0.5, 0.6) is 0 Å². The molecule has 0 heterocycles. The van der Waals surface area contributed by atoms with Crippen molar-refractivity contribution < 1.29 is 28.4 Å². The van der Waals surface area contributed by atoms with E-state index in [2.05, 4.69) is 10.6 Å². The van der Waals surface area contributed by atoms with E-state index in [0.29, 0.717) is 17.0 Å². The van der Waals surface area contributed by atoms with Crippen LogP contribution in [0, 0.1) is 21.8 Å². The number of nitrogens with one attached hydrogen (secondary N) is 2. The highest BCUT2D eigenvalue weighted by Crippen LogP contribution is 2.21. The fraction of sp³-hybridized carbons (Fsp3) is 0.286. The van der Waals surface area contributed by atoms with E-state index in [-0.39, 0.29) is 11.6 Å². The number of esters is 1. The Hall–Kier alpha value is -3.53. The average molecular weight is 466 g/mol. The van der Waals surface area contributed by atoms with Crippen LogP contribution in [0.1, 0.15) is 30.6 Å². The third-order valence-corrected chi connectivity index (χ3v) is 4.88. The molecule has 9 nitrogen and oxygen atoms in total. The molecule has 11 heteroatoms. The first-order valence-electron chi connectivity index (χ1n) is 9.59. The zero-order chi connectivity index (χ0) is 23.8. The van der Waals surface area contributed by atoms with Crippen LogP contribution in [0.2, 0.25) is 5.02 Å². The van der Waals surface area contributed by atoms with Crippen LogP contribution in [0.15, 0.2) is 42.5 Å². The minimum absolute atomic E-state index is 0.0336. The van der Waals surface area contributed by atoms with Crippen molar-refractivity contribution in [1.82, 2.24) is 5.32 Å². The van der Waals surface area contributed by atoms with Crippen molar-refractivity contribution in [2.24, 2.45) is 5.92 Å². The van der Waals surface area contributed by atoms with E-state index < -0.39 is 46.9 Å². The lowest BCUT2D eigenvalue weighted by Crippen LogP contribution is -2.46. The van der Waals surface area contributed by atoms with Gasteiger partial charge in [0.05, 0.1) is 4.92 Å². The molecule has 2 rings (SSSR count). The predicted molar refractivity (Wildman–Crippen MR) is 115 cm³/mol. The molecule has 0 fully saturated rings. The topological polar surface area (TPSA) is 128 Å². The number of benzene rings is 2. The summed E-state index contributed by atoms with van der Waals surface area (Å²) in [6.45, 7) is 2.87. The molecule has 0 spiro atoms. The molecule has 0 saturated heterocycles. The van der Waals surface area contributed by atoms with Gasteiger partial charge in [0.2, 0.25) is 5.82 Å². The second kappa shape index (κ2) is 11.2. The van der Waals surface area contributed by atoms with Gasteiger partial charge in [0.15, 0.2) is 6.61 Å². The van der Waals surface area contributed by atoms with Gasteiger partial charge in [-0.2, -0.15) is 4.39 Å². The van der Waals surface area contributed by atoms with Crippen molar-refractivity contribution in [2.45, 2.75) is 26.3 Å². The number of nitro groups is 1. The number of halogens is 2. The Labute approximate surface area is 188 Å². The molecule has 2 aromatic carbocycles. The fourth-order valence-corrected chi connectivity index (χ4v) is 2.77. The number of anilines is 1. The number of carbonyl (C=O) groups is 3. The number of ether oxygens (including phenoxy) is 1. The molecule has 2 atom stereocenters. The maximum absolute atomic E-state index is 13.4. The molecule has 0 bridgehead atoms. The Kier molecular flexibility index (Phi) is 8.65. The van der Waals surface area contributed by atoms with Crippen LogP contribution < -0.4 is 10.6 Å². The molecule has 2 aromatic rings. The van der Waals surface area contributed by atoms with E-state index in [4.69, 9.17) is 16.3 Å². The van der Waals surface area contributed by atoms with Crippen LogP contribution in [-0.4, -0.2) is 35.4 Å². The third-order valence-electron chi connectivity index (χ3n) is 4.63. The highest BCUT2D eigenvalue weighted by atomic mass is 35.5. The van der Waals surface area contributed by atoms with E-state index in [0.717, 1.165) is 18.2 Å². The normalized spacial score (nSPS) is 12.4. The van der Waals surface area contributed by atoms with Crippen LogP contribution in [-0.2, 0) is 14.3 Å². The Morgan fingerprint density at radius 1 is 1.19 bits per heavy atom. The van der Waals surface area contributed by atoms with Gasteiger partial charge in [-0.1, -0.05) is 31.9 Å². The number of hydrogen-bond donors (Lipinski definition) is 2. The standard InChI is InChI=1S/C21H21ClFN3O6/c1-3-12(2)19(25-20(28)13-4-6-14(22)7-5-13)21(29)32-11-18(27)24-15-8-9-16(23)17(10-15)26(30)31/h4-10,12,19H,3,11H2,1-2H3,(H,24,27)(H,25,28)/t12-,19-/m0/s1. The largest absolute Gasteiger partial charge is 0.454 e. The second-order valence-corrected chi connectivity index (χ2v) is 7.36. The van der Waals surface area contributed by atoms with Gasteiger partial charge >= 0.3 is 11.7 Å². The number of nitro benzene ring substituents is 1. The lowest BCUT2D eigenvalue weighted by Gasteiger charge is -2.22. The first kappa shape index (κ1) is 24.7. The molecular weight excluding hydrogens is 445 g/mol. The van der Waals surface area contributed by atoms with Gasteiger partial charge in [0.25, 0.3) is 11.8 Å². The van der Waals surface area contributed by atoms with Crippen molar-refractivity contribution in [2.75, 3.05) is 11.9 Å². The second-order valence-electron chi connectivity index (χ2n) is 6.92. The fourth-order valence-electron chi connectivity index (χ4n) is 2.65. The molecule has 0 aromatic heterocycles. The molecule has 0 saturated carbocycles. The average Bonchev–Trinajstić information content (AvgIpc) is 2.76. The lowest BCUT2D eigenvalue weighted by atomic mass is 9.99. The first-order valence-corrected chi connectivity index (χ1v) is 9.97. The summed E-state index contributed by atoms with van der Waals surface area (Å²) < 4.78 is 18.4. The molecule has 0 aliphatic carbocycles. The monoisotopic (exact) mass is 465 g/mol. The summed E-state index contributed by atoms with van der Waals surface area (Å²) in [6.07, 6.45) is 0.548. The van der Waals surface area contributed by atoms with Crippen molar-refractivity contribution >= 4 is 40.8 Å². The van der Waals surface area contributed by atoms with E-state index in [9.17, 15) is 28.9 Å². The quantitative estimate of drug-likeness (QED) is 0.330. The lowest BCUT2D eigenvalue weighted by molar-refractivity contribution is -0.387.